The Hall–Kier alpha value is -3.13. The molecule has 2 heterocycles. The van der Waals surface area contributed by atoms with Crippen molar-refractivity contribution in [3.63, 3.8) is 0 Å². The quantitative estimate of drug-likeness (QED) is 0.738. The summed E-state index contributed by atoms with van der Waals surface area (Å²) in [5.41, 5.74) is 3.79. The summed E-state index contributed by atoms with van der Waals surface area (Å²) >= 11 is 0. The molecule has 0 bridgehead atoms. The summed E-state index contributed by atoms with van der Waals surface area (Å²) < 4.78 is 1.68. The van der Waals surface area contributed by atoms with E-state index < -0.39 is 0 Å². The Balaban J connectivity index is 1.71. The van der Waals surface area contributed by atoms with Crippen LogP contribution in [-0.4, -0.2) is 27.0 Å². The highest BCUT2D eigenvalue weighted by atomic mass is 16.1. The lowest BCUT2D eigenvalue weighted by Crippen LogP contribution is -2.25. The van der Waals surface area contributed by atoms with Crippen molar-refractivity contribution >= 4 is 11.6 Å². The first-order chi connectivity index (χ1) is 11.1. The molecule has 2 aromatic heterocycles. The van der Waals surface area contributed by atoms with E-state index in [9.17, 15) is 4.79 Å². The summed E-state index contributed by atoms with van der Waals surface area (Å²) in [7, 11) is 0. The molecule has 5 heteroatoms. The van der Waals surface area contributed by atoms with Gasteiger partial charge in [-0.2, -0.15) is 5.10 Å². The topological polar surface area (TPSA) is 59.3 Å². The number of benzene rings is 1. The van der Waals surface area contributed by atoms with Crippen molar-refractivity contribution < 1.29 is 4.79 Å². The molecule has 0 unspecified atom stereocenters. The Bertz CT molecular complexity index is 917. The van der Waals surface area contributed by atoms with E-state index in [1.54, 1.807) is 10.7 Å². The number of hydrogen-bond donors (Lipinski definition) is 1. The standard InChI is InChI=1S/C18H16N4O/c1-13-11-17-20-12-16(14(2)22(17)21-13)18(23)19-10-6-9-15-7-4-3-5-8-15/h3-5,7-8,11-12H,10H2,1-2H3,(H,19,23). The van der Waals surface area contributed by atoms with E-state index in [0.29, 0.717) is 5.56 Å². The number of carbonyl (C=O) groups excluding carboxylic acids is 1. The molecule has 0 radical (unpaired) electrons. The summed E-state index contributed by atoms with van der Waals surface area (Å²) in [5, 5.41) is 7.13. The molecule has 1 N–H and O–H groups in total. The number of aryl methyl sites for hydroxylation is 2. The minimum Gasteiger partial charge on any atom is -0.341 e. The van der Waals surface area contributed by atoms with Gasteiger partial charge < -0.3 is 5.32 Å². The molecule has 1 aromatic carbocycles. The number of hydrogen-bond acceptors (Lipinski definition) is 3. The van der Waals surface area contributed by atoms with Crippen molar-refractivity contribution in [3.8, 4) is 11.8 Å². The zero-order valence-corrected chi connectivity index (χ0v) is 13.0. The van der Waals surface area contributed by atoms with E-state index >= 15 is 0 Å². The number of amides is 1. The van der Waals surface area contributed by atoms with Crippen LogP contribution >= 0.6 is 0 Å². The maximum absolute atomic E-state index is 12.3. The summed E-state index contributed by atoms with van der Waals surface area (Å²) in [5.74, 6) is 5.74. The second-order valence-electron chi connectivity index (χ2n) is 5.16. The largest absolute Gasteiger partial charge is 0.341 e. The third kappa shape index (κ3) is 3.22. The van der Waals surface area contributed by atoms with Gasteiger partial charge in [0.15, 0.2) is 5.65 Å². The fraction of sp³-hybridized carbons (Fsp3) is 0.167. The van der Waals surface area contributed by atoms with Gasteiger partial charge in [0.25, 0.3) is 5.91 Å². The highest BCUT2D eigenvalue weighted by Crippen LogP contribution is 2.10. The van der Waals surface area contributed by atoms with Gasteiger partial charge in [0.2, 0.25) is 0 Å². The molecule has 0 aliphatic heterocycles. The van der Waals surface area contributed by atoms with Gasteiger partial charge in [0.05, 0.1) is 23.5 Å². The molecule has 0 saturated heterocycles. The maximum Gasteiger partial charge on any atom is 0.255 e. The van der Waals surface area contributed by atoms with Gasteiger partial charge in [0, 0.05) is 17.8 Å². The van der Waals surface area contributed by atoms with Gasteiger partial charge in [-0.15, -0.1) is 0 Å². The van der Waals surface area contributed by atoms with Crippen molar-refractivity contribution in [2.45, 2.75) is 13.8 Å². The van der Waals surface area contributed by atoms with E-state index in [1.165, 1.54) is 0 Å². The number of aromatic nitrogens is 3. The van der Waals surface area contributed by atoms with E-state index in [4.69, 9.17) is 0 Å². The fourth-order valence-corrected chi connectivity index (χ4v) is 2.27. The molecule has 0 aliphatic carbocycles. The molecule has 0 spiro atoms. The predicted octanol–water partition coefficient (Wildman–Crippen LogP) is 2.13. The molecule has 3 aromatic rings. The minimum atomic E-state index is -0.201. The Labute approximate surface area is 134 Å². The van der Waals surface area contributed by atoms with E-state index in [1.807, 2.05) is 50.2 Å². The lowest BCUT2D eigenvalue weighted by molar-refractivity contribution is 0.0957. The second kappa shape index (κ2) is 6.32. The first-order valence-corrected chi connectivity index (χ1v) is 7.29. The maximum atomic E-state index is 12.3. The number of rotatable bonds is 2. The molecule has 114 valence electrons. The number of fused-ring (bicyclic) bond motifs is 1. The van der Waals surface area contributed by atoms with Crippen LogP contribution in [0.5, 0.6) is 0 Å². The molecule has 0 atom stereocenters. The van der Waals surface area contributed by atoms with Crippen LogP contribution in [0.3, 0.4) is 0 Å². The fourth-order valence-electron chi connectivity index (χ4n) is 2.27. The first-order valence-electron chi connectivity index (χ1n) is 7.29. The summed E-state index contributed by atoms with van der Waals surface area (Å²) in [6, 6.07) is 11.5. The molecule has 0 fully saturated rings. The van der Waals surface area contributed by atoms with Crippen molar-refractivity contribution in [2.24, 2.45) is 0 Å². The summed E-state index contributed by atoms with van der Waals surface area (Å²) in [6.07, 6.45) is 1.58. The number of nitrogens with one attached hydrogen (secondary N) is 1. The summed E-state index contributed by atoms with van der Waals surface area (Å²) in [6.45, 7) is 4.03. The smallest absolute Gasteiger partial charge is 0.255 e. The third-order valence-electron chi connectivity index (χ3n) is 3.43. The molecule has 23 heavy (non-hydrogen) atoms. The first kappa shape index (κ1) is 14.8. The van der Waals surface area contributed by atoms with Crippen molar-refractivity contribution in [2.75, 3.05) is 6.54 Å². The minimum absolute atomic E-state index is 0.201. The van der Waals surface area contributed by atoms with Crippen LogP contribution in [0.1, 0.15) is 27.3 Å². The van der Waals surface area contributed by atoms with Crippen LogP contribution in [-0.2, 0) is 0 Å². The molecule has 3 rings (SSSR count). The molecule has 5 nitrogen and oxygen atoms in total. The second-order valence-corrected chi connectivity index (χ2v) is 5.16. The van der Waals surface area contributed by atoms with Gasteiger partial charge in [-0.25, -0.2) is 9.50 Å². The van der Waals surface area contributed by atoms with Gasteiger partial charge in [-0.3, -0.25) is 4.79 Å². The highest BCUT2D eigenvalue weighted by Gasteiger charge is 2.12. The monoisotopic (exact) mass is 304 g/mol. The van der Waals surface area contributed by atoms with Crippen LogP contribution < -0.4 is 5.32 Å². The SMILES string of the molecule is Cc1cc2ncc(C(=O)NCC#Cc3ccccc3)c(C)n2n1. The molecule has 0 aliphatic rings. The van der Waals surface area contributed by atoms with Crippen LogP contribution in [0, 0.1) is 25.7 Å². The van der Waals surface area contributed by atoms with Gasteiger partial charge in [0.1, 0.15) is 0 Å². The molecule has 0 saturated carbocycles. The van der Waals surface area contributed by atoms with Gasteiger partial charge >= 0.3 is 0 Å². The number of nitrogens with zero attached hydrogens (tertiary/aromatic N) is 3. The van der Waals surface area contributed by atoms with Crippen LogP contribution in [0.2, 0.25) is 0 Å². The van der Waals surface area contributed by atoms with Crippen molar-refractivity contribution in [1.82, 2.24) is 19.9 Å². The highest BCUT2D eigenvalue weighted by molar-refractivity contribution is 5.95. The third-order valence-corrected chi connectivity index (χ3v) is 3.43. The van der Waals surface area contributed by atoms with E-state index in [2.05, 4.69) is 27.2 Å². The van der Waals surface area contributed by atoms with Crippen LogP contribution in [0.15, 0.2) is 42.6 Å². The number of carbonyl (C=O) groups is 1. The van der Waals surface area contributed by atoms with E-state index in [0.717, 1.165) is 22.6 Å². The molecular formula is C18H16N4O. The lowest BCUT2D eigenvalue weighted by atomic mass is 10.2. The average molecular weight is 304 g/mol. The Morgan fingerprint density at radius 3 is 2.83 bits per heavy atom. The summed E-state index contributed by atoms with van der Waals surface area (Å²) in [4.78, 5) is 16.5. The zero-order valence-electron chi connectivity index (χ0n) is 13.0. The van der Waals surface area contributed by atoms with Gasteiger partial charge in [-0.05, 0) is 26.0 Å². The Morgan fingerprint density at radius 1 is 1.26 bits per heavy atom. The zero-order chi connectivity index (χ0) is 16.2. The van der Waals surface area contributed by atoms with Crippen LogP contribution in [0.25, 0.3) is 5.65 Å². The van der Waals surface area contributed by atoms with Crippen LogP contribution in [0.4, 0.5) is 0 Å². The molecule has 1 amide bonds. The van der Waals surface area contributed by atoms with Crippen molar-refractivity contribution in [1.29, 1.82) is 0 Å². The average Bonchev–Trinajstić information content (AvgIpc) is 2.94. The van der Waals surface area contributed by atoms with Crippen molar-refractivity contribution in [3.05, 3.63) is 65.1 Å². The predicted molar refractivity (Wildman–Crippen MR) is 88.1 cm³/mol. The van der Waals surface area contributed by atoms with Gasteiger partial charge in [-0.1, -0.05) is 30.0 Å². The Kier molecular flexibility index (Phi) is 4.07. The Morgan fingerprint density at radius 2 is 2.04 bits per heavy atom. The van der Waals surface area contributed by atoms with E-state index in [-0.39, 0.29) is 12.5 Å². The normalized spacial score (nSPS) is 10.2. The molecular weight excluding hydrogens is 288 g/mol. The lowest BCUT2D eigenvalue weighted by Gasteiger charge is -2.06.